The van der Waals surface area contributed by atoms with Crippen LogP contribution in [0.4, 0.5) is 0 Å². The molecule has 106 valence electrons. The third-order valence-corrected chi connectivity index (χ3v) is 4.12. The van der Waals surface area contributed by atoms with Crippen LogP contribution in [0.1, 0.15) is 39.5 Å². The number of hydrogen-bond acceptors (Lipinski definition) is 3. The summed E-state index contributed by atoms with van der Waals surface area (Å²) in [6.45, 7) is 6.36. The van der Waals surface area contributed by atoms with Gasteiger partial charge in [-0.1, -0.05) is 32.1 Å². The van der Waals surface area contributed by atoms with Crippen molar-refractivity contribution in [3.05, 3.63) is 23.8 Å². The second-order valence-electron chi connectivity index (χ2n) is 5.53. The Labute approximate surface area is 117 Å². The highest BCUT2D eigenvalue weighted by molar-refractivity contribution is 6.02. The highest BCUT2D eigenvalue weighted by Crippen LogP contribution is 2.24. The first-order valence-corrected chi connectivity index (χ1v) is 7.46. The molecule has 3 nitrogen and oxygen atoms in total. The van der Waals surface area contributed by atoms with E-state index in [1.54, 1.807) is 7.11 Å². The van der Waals surface area contributed by atoms with Gasteiger partial charge in [-0.25, -0.2) is 0 Å². The predicted molar refractivity (Wildman–Crippen MR) is 80.3 cm³/mol. The van der Waals surface area contributed by atoms with E-state index in [1.165, 1.54) is 24.1 Å². The molecule has 3 heteroatoms. The van der Waals surface area contributed by atoms with Gasteiger partial charge in [-0.15, -0.1) is 0 Å². The van der Waals surface area contributed by atoms with E-state index in [4.69, 9.17) is 9.84 Å². The Morgan fingerprint density at radius 3 is 3.05 bits per heavy atom. The molecule has 0 saturated carbocycles. The van der Waals surface area contributed by atoms with Crippen LogP contribution in [-0.4, -0.2) is 37.0 Å². The van der Waals surface area contributed by atoms with Crippen LogP contribution >= 0.6 is 0 Å². The second-order valence-corrected chi connectivity index (χ2v) is 5.53. The lowest BCUT2D eigenvalue weighted by Crippen LogP contribution is -2.31. The molecule has 1 fully saturated rings. The highest BCUT2D eigenvalue weighted by Gasteiger charge is 2.25. The summed E-state index contributed by atoms with van der Waals surface area (Å²) in [6, 6.07) is 0.457. The Bertz CT molecular complexity index is 384. The van der Waals surface area contributed by atoms with E-state index in [1.807, 2.05) is 0 Å². The van der Waals surface area contributed by atoms with Gasteiger partial charge >= 0.3 is 0 Å². The molecule has 1 saturated heterocycles. The van der Waals surface area contributed by atoms with Gasteiger partial charge in [0.15, 0.2) is 0 Å². The molecule has 19 heavy (non-hydrogen) atoms. The van der Waals surface area contributed by atoms with Crippen LogP contribution in [0.5, 0.6) is 0 Å². The third-order valence-electron chi connectivity index (χ3n) is 4.12. The van der Waals surface area contributed by atoms with Gasteiger partial charge in [0, 0.05) is 19.6 Å². The van der Waals surface area contributed by atoms with Crippen molar-refractivity contribution in [3.63, 3.8) is 0 Å². The van der Waals surface area contributed by atoms with Crippen molar-refractivity contribution < 1.29 is 4.74 Å². The second kappa shape index (κ2) is 6.90. The monoisotopic (exact) mass is 262 g/mol. The molecule has 0 aromatic carbocycles. The first-order chi connectivity index (χ1) is 9.26. The summed E-state index contributed by atoms with van der Waals surface area (Å²) in [5.41, 5.74) is 2.66. The fourth-order valence-corrected chi connectivity index (χ4v) is 2.76. The molecule has 0 spiro atoms. The molecule has 0 aromatic heterocycles. The fourth-order valence-electron chi connectivity index (χ4n) is 2.76. The fraction of sp³-hybridized carbons (Fsp3) is 0.688. The first-order valence-electron chi connectivity index (χ1n) is 7.46. The maximum atomic E-state index is 5.31. The third kappa shape index (κ3) is 3.47. The smallest absolute Gasteiger partial charge is 0.0704 e. The molecule has 0 radical (unpaired) electrons. The Kier molecular flexibility index (Phi) is 5.20. The van der Waals surface area contributed by atoms with Gasteiger partial charge in [0.05, 0.1) is 18.4 Å². The van der Waals surface area contributed by atoms with Crippen LogP contribution in [0.2, 0.25) is 0 Å². The van der Waals surface area contributed by atoms with Gasteiger partial charge in [0.25, 0.3) is 0 Å². The van der Waals surface area contributed by atoms with Gasteiger partial charge in [0.1, 0.15) is 0 Å². The number of hydrazone groups is 1. The maximum Gasteiger partial charge on any atom is 0.0704 e. The Morgan fingerprint density at radius 2 is 2.42 bits per heavy atom. The highest BCUT2D eigenvalue weighted by atomic mass is 16.5. The lowest BCUT2D eigenvalue weighted by molar-refractivity contribution is 0.117. The Hall–Kier alpha value is -1.09. The SMILES string of the molecule is CCC(C)/C(=N/N1CCCC1COC)C1=CC=CC1. The minimum atomic E-state index is 0.457. The molecule has 2 aliphatic rings. The van der Waals surface area contributed by atoms with Crippen LogP contribution in [0, 0.1) is 5.92 Å². The summed E-state index contributed by atoms with van der Waals surface area (Å²) in [7, 11) is 1.78. The van der Waals surface area contributed by atoms with Gasteiger partial charge in [-0.2, -0.15) is 5.10 Å². The molecule has 0 bridgehead atoms. The molecule has 2 rings (SSSR count). The largest absolute Gasteiger partial charge is 0.382 e. The molecule has 1 aliphatic carbocycles. The van der Waals surface area contributed by atoms with E-state index in [-0.39, 0.29) is 0 Å². The summed E-state index contributed by atoms with van der Waals surface area (Å²) in [5.74, 6) is 0.523. The van der Waals surface area contributed by atoms with Crippen molar-refractivity contribution in [2.45, 2.75) is 45.6 Å². The summed E-state index contributed by atoms with van der Waals surface area (Å²) < 4.78 is 5.31. The Morgan fingerprint density at radius 1 is 1.58 bits per heavy atom. The topological polar surface area (TPSA) is 24.8 Å². The van der Waals surface area contributed by atoms with Crippen molar-refractivity contribution in [2.24, 2.45) is 11.0 Å². The van der Waals surface area contributed by atoms with Crippen molar-refractivity contribution in [3.8, 4) is 0 Å². The van der Waals surface area contributed by atoms with Crippen LogP contribution < -0.4 is 0 Å². The number of nitrogens with zero attached hydrogens (tertiary/aromatic N) is 2. The average molecular weight is 262 g/mol. The van der Waals surface area contributed by atoms with E-state index in [2.05, 4.69) is 37.1 Å². The summed E-state index contributed by atoms with van der Waals surface area (Å²) in [6.07, 6.45) is 11.2. The number of rotatable bonds is 6. The lowest BCUT2D eigenvalue weighted by Gasteiger charge is -2.24. The molecular weight excluding hydrogens is 236 g/mol. The number of ether oxygens (including phenoxy) is 1. The molecule has 2 unspecified atom stereocenters. The van der Waals surface area contributed by atoms with Crippen LogP contribution in [0.25, 0.3) is 0 Å². The van der Waals surface area contributed by atoms with Gasteiger partial charge in [0.2, 0.25) is 0 Å². The standard InChI is InChI=1S/C16H26N2O/c1-4-13(2)16(14-8-5-6-9-14)17-18-11-7-10-15(18)12-19-3/h5-6,8,13,15H,4,7,9-12H2,1-3H3/b17-16-. The van der Waals surface area contributed by atoms with Crippen molar-refractivity contribution in [1.29, 1.82) is 0 Å². The van der Waals surface area contributed by atoms with Crippen LogP contribution in [-0.2, 0) is 4.74 Å². The van der Waals surface area contributed by atoms with Crippen molar-refractivity contribution in [1.82, 2.24) is 5.01 Å². The van der Waals surface area contributed by atoms with Gasteiger partial charge in [-0.05, 0) is 31.3 Å². The van der Waals surface area contributed by atoms with E-state index in [9.17, 15) is 0 Å². The zero-order valence-electron chi connectivity index (χ0n) is 12.4. The maximum absolute atomic E-state index is 5.31. The van der Waals surface area contributed by atoms with Crippen LogP contribution in [0.3, 0.4) is 0 Å². The molecule has 0 N–H and O–H groups in total. The zero-order chi connectivity index (χ0) is 13.7. The summed E-state index contributed by atoms with van der Waals surface area (Å²) in [4.78, 5) is 0. The number of methoxy groups -OCH3 is 1. The van der Waals surface area contributed by atoms with Crippen molar-refractivity contribution >= 4 is 5.71 Å². The van der Waals surface area contributed by atoms with E-state index in [0.29, 0.717) is 12.0 Å². The minimum absolute atomic E-state index is 0.457. The zero-order valence-corrected chi connectivity index (χ0v) is 12.4. The average Bonchev–Trinajstić information content (AvgIpc) is 3.07. The molecule has 0 aromatic rings. The van der Waals surface area contributed by atoms with E-state index < -0.39 is 0 Å². The molecule has 1 heterocycles. The normalized spacial score (nSPS) is 25.0. The molecule has 1 aliphatic heterocycles. The lowest BCUT2D eigenvalue weighted by atomic mass is 9.95. The summed E-state index contributed by atoms with van der Waals surface area (Å²) in [5, 5.41) is 7.24. The summed E-state index contributed by atoms with van der Waals surface area (Å²) >= 11 is 0. The Balaban J connectivity index is 2.14. The van der Waals surface area contributed by atoms with Gasteiger partial charge < -0.3 is 4.74 Å². The van der Waals surface area contributed by atoms with Gasteiger partial charge in [-0.3, -0.25) is 5.01 Å². The van der Waals surface area contributed by atoms with Crippen molar-refractivity contribution in [2.75, 3.05) is 20.3 Å². The predicted octanol–water partition coefficient (Wildman–Crippen LogP) is 3.39. The first kappa shape index (κ1) is 14.3. The number of hydrogen-bond donors (Lipinski definition) is 0. The quantitative estimate of drug-likeness (QED) is 0.685. The minimum Gasteiger partial charge on any atom is -0.382 e. The number of allylic oxidation sites excluding steroid dienone is 4. The molecule has 0 amide bonds. The van der Waals surface area contributed by atoms with Crippen LogP contribution in [0.15, 0.2) is 28.9 Å². The van der Waals surface area contributed by atoms with E-state index in [0.717, 1.165) is 26.0 Å². The molecule has 2 atom stereocenters. The molecular formula is C16H26N2O. The van der Waals surface area contributed by atoms with E-state index >= 15 is 0 Å².